The van der Waals surface area contributed by atoms with Crippen LogP contribution in [-0.4, -0.2) is 21.5 Å². The van der Waals surface area contributed by atoms with Crippen molar-refractivity contribution in [3.63, 3.8) is 0 Å². The van der Waals surface area contributed by atoms with E-state index in [0.29, 0.717) is 24.5 Å². The molecule has 0 amide bonds. The van der Waals surface area contributed by atoms with Crippen LogP contribution in [0.2, 0.25) is 0 Å². The lowest BCUT2D eigenvalue weighted by atomic mass is 10.1. The van der Waals surface area contributed by atoms with Crippen molar-refractivity contribution in [2.75, 3.05) is 11.9 Å². The lowest BCUT2D eigenvalue weighted by molar-refractivity contribution is 0.625. The molecule has 0 atom stereocenters. The molecule has 0 unspecified atom stereocenters. The van der Waals surface area contributed by atoms with Crippen molar-refractivity contribution in [1.29, 1.82) is 0 Å². The van der Waals surface area contributed by atoms with E-state index in [1.807, 2.05) is 6.07 Å². The topological polar surface area (TPSA) is 63.8 Å². The van der Waals surface area contributed by atoms with E-state index in [9.17, 15) is 4.39 Å². The van der Waals surface area contributed by atoms with Gasteiger partial charge in [-0.05, 0) is 24.1 Å². The van der Waals surface area contributed by atoms with Crippen LogP contribution in [0, 0.1) is 5.82 Å². The minimum Gasteiger partial charge on any atom is -0.388 e. The molecule has 1 heterocycles. The number of nitrogens with one attached hydrogen (secondary N) is 1. The Kier molecular flexibility index (Phi) is 4.35. The minimum absolute atomic E-state index is 0.221. The molecule has 19 heavy (non-hydrogen) atoms. The quantitative estimate of drug-likeness (QED) is 0.817. The molecular formula is C13H13FN4S. The summed E-state index contributed by atoms with van der Waals surface area (Å²) in [7, 11) is 0. The zero-order chi connectivity index (χ0) is 13.7. The van der Waals surface area contributed by atoms with Gasteiger partial charge in [-0.1, -0.05) is 24.4 Å². The Morgan fingerprint density at radius 3 is 2.79 bits per heavy atom. The average molecular weight is 276 g/mol. The molecule has 0 saturated heterocycles. The summed E-state index contributed by atoms with van der Waals surface area (Å²) in [5.74, 6) is 0.412. The molecule has 6 heteroatoms. The number of anilines is 1. The van der Waals surface area contributed by atoms with Gasteiger partial charge in [-0.2, -0.15) is 0 Å². The van der Waals surface area contributed by atoms with Crippen LogP contribution in [0.1, 0.15) is 11.3 Å². The minimum atomic E-state index is -0.224. The monoisotopic (exact) mass is 276 g/mol. The second-order valence-electron chi connectivity index (χ2n) is 3.96. The number of halogens is 1. The van der Waals surface area contributed by atoms with Crippen molar-refractivity contribution in [3.8, 4) is 0 Å². The molecule has 4 nitrogen and oxygen atoms in total. The van der Waals surface area contributed by atoms with Gasteiger partial charge < -0.3 is 11.1 Å². The van der Waals surface area contributed by atoms with E-state index in [1.165, 1.54) is 18.3 Å². The maximum atomic E-state index is 13.0. The van der Waals surface area contributed by atoms with Gasteiger partial charge in [0.2, 0.25) is 0 Å². The molecule has 0 spiro atoms. The van der Waals surface area contributed by atoms with Crippen LogP contribution in [0.15, 0.2) is 36.7 Å². The molecule has 1 aromatic heterocycles. The van der Waals surface area contributed by atoms with Crippen molar-refractivity contribution in [2.24, 2.45) is 5.73 Å². The SMILES string of the molecule is NC(=S)c1cnc(NCCc2cccc(F)c2)cn1. The largest absolute Gasteiger partial charge is 0.388 e. The fourth-order valence-corrected chi connectivity index (χ4v) is 1.68. The van der Waals surface area contributed by atoms with E-state index in [2.05, 4.69) is 15.3 Å². The van der Waals surface area contributed by atoms with Gasteiger partial charge in [0.25, 0.3) is 0 Å². The summed E-state index contributed by atoms with van der Waals surface area (Å²) >= 11 is 4.79. The molecule has 0 aliphatic rings. The fraction of sp³-hybridized carbons (Fsp3) is 0.154. The molecule has 2 aromatic rings. The first-order valence-corrected chi connectivity index (χ1v) is 6.16. The number of aromatic nitrogens is 2. The van der Waals surface area contributed by atoms with Crippen LogP contribution in [0.3, 0.4) is 0 Å². The first-order chi connectivity index (χ1) is 9.15. The predicted molar refractivity (Wildman–Crippen MR) is 76.5 cm³/mol. The van der Waals surface area contributed by atoms with E-state index in [1.54, 1.807) is 12.3 Å². The molecule has 98 valence electrons. The van der Waals surface area contributed by atoms with E-state index < -0.39 is 0 Å². The standard InChI is InChI=1S/C13H13FN4S/c14-10-3-1-2-9(6-10)4-5-16-12-8-17-11(7-18-12)13(15)19/h1-3,6-8H,4-5H2,(H2,15,19)(H,16,18). The van der Waals surface area contributed by atoms with Gasteiger partial charge >= 0.3 is 0 Å². The number of benzene rings is 1. The zero-order valence-corrected chi connectivity index (χ0v) is 11.0. The highest BCUT2D eigenvalue weighted by molar-refractivity contribution is 7.80. The van der Waals surface area contributed by atoms with E-state index in [0.717, 1.165) is 5.56 Å². The maximum Gasteiger partial charge on any atom is 0.144 e. The van der Waals surface area contributed by atoms with Gasteiger partial charge in [-0.15, -0.1) is 0 Å². The number of nitrogens with zero attached hydrogens (tertiary/aromatic N) is 2. The smallest absolute Gasteiger partial charge is 0.144 e. The molecule has 0 saturated carbocycles. The van der Waals surface area contributed by atoms with Gasteiger partial charge in [0, 0.05) is 6.54 Å². The first kappa shape index (κ1) is 13.4. The molecule has 0 aliphatic carbocycles. The lowest BCUT2D eigenvalue weighted by Crippen LogP contribution is -2.13. The second kappa shape index (κ2) is 6.19. The fourth-order valence-electron chi connectivity index (χ4n) is 1.57. The molecule has 3 N–H and O–H groups in total. The van der Waals surface area contributed by atoms with Crippen molar-refractivity contribution >= 4 is 23.0 Å². The van der Waals surface area contributed by atoms with Crippen LogP contribution in [0.5, 0.6) is 0 Å². The maximum absolute atomic E-state index is 13.0. The van der Waals surface area contributed by atoms with Gasteiger partial charge in [0.15, 0.2) is 0 Å². The van der Waals surface area contributed by atoms with Crippen molar-refractivity contribution in [1.82, 2.24) is 9.97 Å². The second-order valence-corrected chi connectivity index (χ2v) is 4.40. The van der Waals surface area contributed by atoms with Crippen LogP contribution in [0.4, 0.5) is 10.2 Å². The number of thiocarbonyl (C=S) groups is 1. The first-order valence-electron chi connectivity index (χ1n) is 5.75. The Morgan fingerprint density at radius 2 is 2.16 bits per heavy atom. The zero-order valence-electron chi connectivity index (χ0n) is 10.1. The molecule has 0 bridgehead atoms. The number of hydrogen-bond donors (Lipinski definition) is 2. The summed E-state index contributed by atoms with van der Waals surface area (Å²) in [6.07, 6.45) is 3.80. The average Bonchev–Trinajstić information content (AvgIpc) is 2.39. The lowest BCUT2D eigenvalue weighted by Gasteiger charge is -2.06. The summed E-state index contributed by atoms with van der Waals surface area (Å²) in [6.45, 7) is 0.643. The van der Waals surface area contributed by atoms with Gasteiger partial charge in [0.05, 0.1) is 12.4 Å². The highest BCUT2D eigenvalue weighted by atomic mass is 32.1. The van der Waals surface area contributed by atoms with Crippen molar-refractivity contribution < 1.29 is 4.39 Å². The van der Waals surface area contributed by atoms with Crippen LogP contribution < -0.4 is 11.1 Å². The van der Waals surface area contributed by atoms with Crippen molar-refractivity contribution in [2.45, 2.75) is 6.42 Å². The Morgan fingerprint density at radius 1 is 1.32 bits per heavy atom. The van der Waals surface area contributed by atoms with E-state index >= 15 is 0 Å². The number of rotatable bonds is 5. The summed E-state index contributed by atoms with van der Waals surface area (Å²) < 4.78 is 13.0. The third-order valence-electron chi connectivity index (χ3n) is 2.51. The summed E-state index contributed by atoms with van der Waals surface area (Å²) in [5.41, 5.74) is 6.85. The van der Waals surface area contributed by atoms with E-state index in [-0.39, 0.29) is 10.8 Å². The summed E-state index contributed by atoms with van der Waals surface area (Å²) in [6, 6.07) is 6.52. The molecule has 1 aromatic carbocycles. The highest BCUT2D eigenvalue weighted by Crippen LogP contribution is 2.05. The molecule has 0 fully saturated rings. The normalized spacial score (nSPS) is 10.2. The van der Waals surface area contributed by atoms with Crippen LogP contribution in [0.25, 0.3) is 0 Å². The Bertz CT molecular complexity index is 571. The molecular weight excluding hydrogens is 263 g/mol. The summed E-state index contributed by atoms with van der Waals surface area (Å²) in [5, 5.41) is 3.10. The van der Waals surface area contributed by atoms with Gasteiger partial charge in [-0.3, -0.25) is 0 Å². The Balaban J connectivity index is 1.87. The molecule has 0 radical (unpaired) electrons. The summed E-state index contributed by atoms with van der Waals surface area (Å²) in [4.78, 5) is 8.42. The molecule has 2 rings (SSSR count). The Labute approximate surface area is 115 Å². The van der Waals surface area contributed by atoms with Gasteiger partial charge in [0.1, 0.15) is 22.3 Å². The Hall–Kier alpha value is -2.08. The molecule has 0 aliphatic heterocycles. The third kappa shape index (κ3) is 3.96. The predicted octanol–water partition coefficient (Wildman–Crippen LogP) is 1.90. The number of nitrogens with two attached hydrogens (primary N) is 1. The van der Waals surface area contributed by atoms with Gasteiger partial charge in [-0.25, -0.2) is 14.4 Å². The van der Waals surface area contributed by atoms with Crippen LogP contribution in [-0.2, 0) is 6.42 Å². The van der Waals surface area contributed by atoms with Crippen molar-refractivity contribution in [3.05, 3.63) is 53.7 Å². The van der Waals surface area contributed by atoms with Crippen LogP contribution >= 0.6 is 12.2 Å². The third-order valence-corrected chi connectivity index (χ3v) is 2.72. The highest BCUT2D eigenvalue weighted by Gasteiger charge is 2.00. The number of hydrogen-bond acceptors (Lipinski definition) is 4. The van der Waals surface area contributed by atoms with E-state index in [4.69, 9.17) is 18.0 Å².